The Morgan fingerprint density at radius 1 is 0.442 bits per heavy atom. The van der Waals surface area contributed by atoms with Crippen molar-refractivity contribution in [3.8, 4) is 0 Å². The molecular weight excluding hydrogens is 524 g/mol. The van der Waals surface area contributed by atoms with Gasteiger partial charge in [0, 0.05) is 0 Å². The van der Waals surface area contributed by atoms with E-state index in [2.05, 4.69) is 27.7 Å². The molecule has 1 N–H and O–H groups in total. The molecule has 0 fully saturated rings. The van der Waals surface area contributed by atoms with Crippen LogP contribution in [0, 0.1) is 11.3 Å². The molecular formula is C41H82O2. The van der Waals surface area contributed by atoms with Gasteiger partial charge in [0.1, 0.15) is 0 Å². The van der Waals surface area contributed by atoms with Gasteiger partial charge in [0.25, 0.3) is 0 Å². The van der Waals surface area contributed by atoms with Crippen molar-refractivity contribution in [2.24, 2.45) is 11.3 Å². The second kappa shape index (κ2) is 32.9. The molecule has 0 amide bonds. The lowest BCUT2D eigenvalue weighted by atomic mass is 9.71. The standard InChI is InChI=1S/C41H82O2/c1-5-8-11-14-17-20-22-23-25-28-31-34-37-41(40(42)43,36-33-30-27-19-16-13-10-7-3)38-39(4)35-32-29-26-24-21-18-15-12-9-6-2/h39H,5-38H2,1-4H3,(H,42,43). The Bertz CT molecular complexity index is 558. The summed E-state index contributed by atoms with van der Waals surface area (Å²) in [5, 5.41) is 10.6. The Labute approximate surface area is 272 Å². The molecule has 0 aliphatic heterocycles. The average Bonchev–Trinajstić information content (AvgIpc) is 2.99. The third-order valence-electron chi connectivity index (χ3n) is 10.3. The van der Waals surface area contributed by atoms with Crippen LogP contribution in [0.2, 0.25) is 0 Å². The summed E-state index contributed by atoms with van der Waals surface area (Å²) in [7, 11) is 0. The van der Waals surface area contributed by atoms with Crippen LogP contribution >= 0.6 is 0 Å². The molecule has 2 heteroatoms. The molecule has 43 heavy (non-hydrogen) atoms. The Morgan fingerprint density at radius 3 is 0.977 bits per heavy atom. The zero-order valence-corrected chi connectivity index (χ0v) is 30.5. The summed E-state index contributed by atoms with van der Waals surface area (Å²) >= 11 is 0. The zero-order valence-electron chi connectivity index (χ0n) is 30.5. The molecule has 2 atom stereocenters. The Hall–Kier alpha value is -0.530. The average molecular weight is 607 g/mol. The highest BCUT2D eigenvalue weighted by atomic mass is 16.4. The third kappa shape index (κ3) is 27.5. The summed E-state index contributed by atoms with van der Waals surface area (Å²) in [5.74, 6) is 0.0324. The monoisotopic (exact) mass is 607 g/mol. The third-order valence-corrected chi connectivity index (χ3v) is 10.3. The van der Waals surface area contributed by atoms with Gasteiger partial charge in [0.2, 0.25) is 0 Å². The quantitative estimate of drug-likeness (QED) is 0.0720. The van der Waals surface area contributed by atoms with E-state index in [-0.39, 0.29) is 0 Å². The number of carbonyl (C=O) groups is 1. The van der Waals surface area contributed by atoms with Gasteiger partial charge in [-0.2, -0.15) is 0 Å². The minimum absolute atomic E-state index is 0.487. The summed E-state index contributed by atoms with van der Waals surface area (Å²) in [6.45, 7) is 9.20. The summed E-state index contributed by atoms with van der Waals surface area (Å²) in [4.78, 5) is 12.9. The van der Waals surface area contributed by atoms with E-state index in [0.717, 1.165) is 32.1 Å². The summed E-state index contributed by atoms with van der Waals surface area (Å²) in [5.41, 5.74) is -0.487. The number of aliphatic carboxylic acids is 1. The highest BCUT2D eigenvalue weighted by Crippen LogP contribution is 2.40. The highest BCUT2D eigenvalue weighted by Gasteiger charge is 2.38. The first-order chi connectivity index (χ1) is 21.0. The summed E-state index contributed by atoms with van der Waals surface area (Å²) in [6.07, 6.45) is 44.0. The van der Waals surface area contributed by atoms with Crippen LogP contribution in [0.4, 0.5) is 0 Å². The van der Waals surface area contributed by atoms with E-state index in [1.54, 1.807) is 0 Å². The topological polar surface area (TPSA) is 37.3 Å². The van der Waals surface area contributed by atoms with Gasteiger partial charge < -0.3 is 5.11 Å². The molecule has 0 aromatic heterocycles. The van der Waals surface area contributed by atoms with Gasteiger partial charge >= 0.3 is 5.97 Å². The summed E-state index contributed by atoms with van der Waals surface area (Å²) in [6, 6.07) is 0. The number of unbranched alkanes of at least 4 members (excludes halogenated alkanes) is 27. The molecule has 0 heterocycles. The molecule has 0 aromatic carbocycles. The lowest BCUT2D eigenvalue weighted by Crippen LogP contribution is -2.33. The van der Waals surface area contributed by atoms with Crippen molar-refractivity contribution in [1.82, 2.24) is 0 Å². The van der Waals surface area contributed by atoms with Crippen molar-refractivity contribution in [1.29, 1.82) is 0 Å². The van der Waals surface area contributed by atoms with E-state index in [4.69, 9.17) is 0 Å². The van der Waals surface area contributed by atoms with Crippen LogP contribution in [-0.4, -0.2) is 11.1 Å². The maximum atomic E-state index is 12.9. The molecule has 0 rings (SSSR count). The van der Waals surface area contributed by atoms with Crippen LogP contribution in [0.3, 0.4) is 0 Å². The second-order valence-corrected chi connectivity index (χ2v) is 14.7. The van der Waals surface area contributed by atoms with Crippen LogP contribution in [0.5, 0.6) is 0 Å². The number of carboxylic acids is 1. The van der Waals surface area contributed by atoms with Crippen molar-refractivity contribution in [3.05, 3.63) is 0 Å². The molecule has 0 saturated carbocycles. The van der Waals surface area contributed by atoms with E-state index in [0.29, 0.717) is 5.92 Å². The largest absolute Gasteiger partial charge is 0.481 e. The number of rotatable bonds is 36. The number of hydrogen-bond acceptors (Lipinski definition) is 1. The van der Waals surface area contributed by atoms with E-state index < -0.39 is 11.4 Å². The molecule has 0 saturated heterocycles. The number of carboxylic acid groups (broad SMARTS) is 1. The molecule has 0 aliphatic carbocycles. The van der Waals surface area contributed by atoms with Gasteiger partial charge in [0.15, 0.2) is 0 Å². The fourth-order valence-electron chi connectivity index (χ4n) is 7.28. The highest BCUT2D eigenvalue weighted by molar-refractivity contribution is 5.74. The SMILES string of the molecule is CCCCCCCCCCCCCCC(CCCCCCCCCC)(CC(C)CCCCCCCCCCCC)C(=O)O. The first-order valence-corrected chi connectivity index (χ1v) is 20.3. The smallest absolute Gasteiger partial charge is 0.309 e. The van der Waals surface area contributed by atoms with Crippen LogP contribution in [0.1, 0.15) is 246 Å². The normalized spacial score (nSPS) is 13.8. The minimum atomic E-state index is -0.492. The first-order valence-electron chi connectivity index (χ1n) is 20.3. The zero-order chi connectivity index (χ0) is 31.7. The second-order valence-electron chi connectivity index (χ2n) is 14.7. The van der Waals surface area contributed by atoms with Crippen LogP contribution < -0.4 is 0 Å². The van der Waals surface area contributed by atoms with Crippen LogP contribution in [0.25, 0.3) is 0 Å². The Balaban J connectivity index is 4.50. The molecule has 0 aliphatic rings. The minimum Gasteiger partial charge on any atom is -0.481 e. The van der Waals surface area contributed by atoms with Crippen molar-refractivity contribution in [3.63, 3.8) is 0 Å². The van der Waals surface area contributed by atoms with E-state index in [9.17, 15) is 9.90 Å². The van der Waals surface area contributed by atoms with E-state index >= 15 is 0 Å². The molecule has 258 valence electrons. The maximum absolute atomic E-state index is 12.9. The van der Waals surface area contributed by atoms with Gasteiger partial charge in [0.05, 0.1) is 5.41 Å². The van der Waals surface area contributed by atoms with Gasteiger partial charge in [-0.05, 0) is 25.2 Å². The van der Waals surface area contributed by atoms with Gasteiger partial charge in [-0.25, -0.2) is 0 Å². The molecule has 0 aromatic rings. The molecule has 2 nitrogen and oxygen atoms in total. The molecule has 0 radical (unpaired) electrons. The van der Waals surface area contributed by atoms with E-state index in [1.807, 2.05) is 0 Å². The maximum Gasteiger partial charge on any atom is 0.309 e. The predicted molar refractivity (Wildman–Crippen MR) is 193 cm³/mol. The molecule has 2 unspecified atom stereocenters. The van der Waals surface area contributed by atoms with Crippen molar-refractivity contribution >= 4 is 5.97 Å². The van der Waals surface area contributed by atoms with Crippen LogP contribution in [-0.2, 0) is 4.79 Å². The van der Waals surface area contributed by atoms with Crippen molar-refractivity contribution < 1.29 is 9.90 Å². The van der Waals surface area contributed by atoms with Gasteiger partial charge in [-0.15, -0.1) is 0 Å². The lowest BCUT2D eigenvalue weighted by molar-refractivity contribution is -0.151. The van der Waals surface area contributed by atoms with Crippen LogP contribution in [0.15, 0.2) is 0 Å². The van der Waals surface area contributed by atoms with E-state index in [1.165, 1.54) is 186 Å². The lowest BCUT2D eigenvalue weighted by Gasteiger charge is -2.32. The van der Waals surface area contributed by atoms with Crippen molar-refractivity contribution in [2.45, 2.75) is 246 Å². The number of hydrogen-bond donors (Lipinski definition) is 1. The Morgan fingerprint density at radius 2 is 0.698 bits per heavy atom. The molecule has 0 spiro atoms. The van der Waals surface area contributed by atoms with Crippen molar-refractivity contribution in [2.75, 3.05) is 0 Å². The fraction of sp³-hybridized carbons (Fsp3) is 0.976. The van der Waals surface area contributed by atoms with Gasteiger partial charge in [-0.3, -0.25) is 4.79 Å². The van der Waals surface area contributed by atoms with Gasteiger partial charge in [-0.1, -0.05) is 227 Å². The molecule has 0 bridgehead atoms. The first kappa shape index (κ1) is 42.5. The predicted octanol–water partition coefficient (Wildman–Crippen LogP) is 15.0. The Kier molecular flexibility index (Phi) is 32.4. The summed E-state index contributed by atoms with van der Waals surface area (Å²) < 4.78 is 0. The fourth-order valence-corrected chi connectivity index (χ4v) is 7.28.